The highest BCUT2D eigenvalue weighted by atomic mass is 16.5. The molecule has 0 bridgehead atoms. The molecular formula is C9H16N4O3. The molecule has 7 heteroatoms. The number of nitrogens with two attached hydrogens (primary N) is 1. The van der Waals surface area contributed by atoms with Crippen molar-refractivity contribution in [2.45, 2.75) is 25.9 Å². The summed E-state index contributed by atoms with van der Waals surface area (Å²) in [7, 11) is 1.56. The highest BCUT2D eigenvalue weighted by Gasteiger charge is 2.13. The summed E-state index contributed by atoms with van der Waals surface area (Å²) in [6.07, 6.45) is 0.480. The number of amides is 1. The van der Waals surface area contributed by atoms with Crippen molar-refractivity contribution in [1.29, 1.82) is 0 Å². The molecule has 16 heavy (non-hydrogen) atoms. The Morgan fingerprint density at radius 1 is 1.69 bits per heavy atom. The van der Waals surface area contributed by atoms with Crippen molar-refractivity contribution < 1.29 is 14.1 Å². The van der Waals surface area contributed by atoms with E-state index in [2.05, 4.69) is 15.5 Å². The van der Waals surface area contributed by atoms with Crippen LogP contribution in [0, 0.1) is 6.92 Å². The smallest absolute Gasteiger partial charge is 0.237 e. The Morgan fingerprint density at radius 2 is 2.44 bits per heavy atom. The zero-order valence-electron chi connectivity index (χ0n) is 9.40. The molecule has 1 aromatic rings. The number of nitrogens with one attached hydrogen (secondary N) is 1. The summed E-state index contributed by atoms with van der Waals surface area (Å²) in [5, 5.41) is 6.26. The van der Waals surface area contributed by atoms with Gasteiger partial charge in [0.2, 0.25) is 11.8 Å². The van der Waals surface area contributed by atoms with Gasteiger partial charge in [-0.2, -0.15) is 4.98 Å². The number of hydrogen-bond acceptors (Lipinski definition) is 6. The zero-order valence-corrected chi connectivity index (χ0v) is 9.40. The molecule has 1 atom stereocenters. The number of methoxy groups -OCH3 is 1. The van der Waals surface area contributed by atoms with E-state index in [9.17, 15) is 4.79 Å². The van der Waals surface area contributed by atoms with Gasteiger partial charge in [-0.3, -0.25) is 4.79 Å². The first-order valence-electron chi connectivity index (χ1n) is 4.95. The minimum atomic E-state index is -0.576. The Hall–Kier alpha value is -1.47. The van der Waals surface area contributed by atoms with Crippen LogP contribution in [0.15, 0.2) is 4.52 Å². The SMILES string of the molecule is COCCC(N)C(=O)NCc1noc(C)n1. The van der Waals surface area contributed by atoms with E-state index in [1.807, 2.05) is 0 Å². The summed E-state index contributed by atoms with van der Waals surface area (Å²) in [5.74, 6) is 0.650. The molecule has 0 saturated heterocycles. The molecular weight excluding hydrogens is 212 g/mol. The molecule has 1 aromatic heterocycles. The van der Waals surface area contributed by atoms with E-state index in [-0.39, 0.29) is 12.5 Å². The fourth-order valence-electron chi connectivity index (χ4n) is 1.09. The van der Waals surface area contributed by atoms with Gasteiger partial charge in [0.05, 0.1) is 12.6 Å². The van der Waals surface area contributed by atoms with Crippen LogP contribution in [-0.2, 0) is 16.1 Å². The van der Waals surface area contributed by atoms with Crippen molar-refractivity contribution in [2.24, 2.45) is 5.73 Å². The van der Waals surface area contributed by atoms with Gasteiger partial charge in [-0.05, 0) is 6.42 Å². The first-order chi connectivity index (χ1) is 7.63. The number of carbonyl (C=O) groups excluding carboxylic acids is 1. The Kier molecular flexibility index (Phi) is 4.87. The van der Waals surface area contributed by atoms with Crippen LogP contribution < -0.4 is 11.1 Å². The van der Waals surface area contributed by atoms with Crippen LogP contribution in [0.25, 0.3) is 0 Å². The van der Waals surface area contributed by atoms with Gasteiger partial charge in [0, 0.05) is 20.6 Å². The van der Waals surface area contributed by atoms with E-state index in [0.29, 0.717) is 24.7 Å². The highest BCUT2D eigenvalue weighted by Crippen LogP contribution is 1.95. The third-order valence-corrected chi connectivity index (χ3v) is 1.96. The second-order valence-electron chi connectivity index (χ2n) is 3.34. The number of aryl methyl sites for hydroxylation is 1. The summed E-state index contributed by atoms with van der Waals surface area (Å²) in [6.45, 7) is 2.36. The van der Waals surface area contributed by atoms with Crippen LogP contribution in [0.1, 0.15) is 18.1 Å². The second-order valence-corrected chi connectivity index (χ2v) is 3.34. The van der Waals surface area contributed by atoms with Crippen molar-refractivity contribution in [3.8, 4) is 0 Å². The second kappa shape index (κ2) is 6.19. The van der Waals surface area contributed by atoms with Gasteiger partial charge in [0.25, 0.3) is 0 Å². The lowest BCUT2D eigenvalue weighted by Crippen LogP contribution is -2.41. The molecule has 1 unspecified atom stereocenters. The zero-order chi connectivity index (χ0) is 12.0. The maximum atomic E-state index is 11.5. The largest absolute Gasteiger partial charge is 0.385 e. The molecule has 1 rings (SSSR count). The Morgan fingerprint density at radius 3 is 3.00 bits per heavy atom. The lowest BCUT2D eigenvalue weighted by Gasteiger charge is -2.10. The van der Waals surface area contributed by atoms with E-state index in [0.717, 1.165) is 0 Å². The molecule has 0 aliphatic rings. The molecule has 3 N–H and O–H groups in total. The summed E-state index contributed by atoms with van der Waals surface area (Å²) in [5.41, 5.74) is 5.62. The lowest BCUT2D eigenvalue weighted by molar-refractivity contribution is -0.122. The summed E-state index contributed by atoms with van der Waals surface area (Å²) in [4.78, 5) is 15.4. The van der Waals surface area contributed by atoms with Crippen LogP contribution in [0.5, 0.6) is 0 Å². The molecule has 1 amide bonds. The molecule has 0 saturated carbocycles. The number of carbonyl (C=O) groups is 1. The number of rotatable bonds is 6. The monoisotopic (exact) mass is 228 g/mol. The van der Waals surface area contributed by atoms with Crippen LogP contribution in [0.4, 0.5) is 0 Å². The van der Waals surface area contributed by atoms with E-state index < -0.39 is 6.04 Å². The van der Waals surface area contributed by atoms with Gasteiger partial charge < -0.3 is 20.3 Å². The first-order valence-corrected chi connectivity index (χ1v) is 4.95. The standard InChI is InChI=1S/C9H16N4O3/c1-6-12-8(13-16-6)5-11-9(14)7(10)3-4-15-2/h7H,3-5,10H2,1-2H3,(H,11,14). The van der Waals surface area contributed by atoms with Crippen molar-refractivity contribution in [3.63, 3.8) is 0 Å². The van der Waals surface area contributed by atoms with Gasteiger partial charge in [-0.1, -0.05) is 5.16 Å². The third-order valence-electron chi connectivity index (χ3n) is 1.96. The summed E-state index contributed by atoms with van der Waals surface area (Å²) < 4.78 is 9.59. The van der Waals surface area contributed by atoms with Gasteiger partial charge in [-0.15, -0.1) is 0 Å². The van der Waals surface area contributed by atoms with Crippen molar-refractivity contribution in [1.82, 2.24) is 15.5 Å². The third kappa shape index (κ3) is 3.95. The molecule has 0 aromatic carbocycles. The van der Waals surface area contributed by atoms with E-state index in [4.69, 9.17) is 15.0 Å². The van der Waals surface area contributed by atoms with E-state index in [1.165, 1.54) is 0 Å². The molecule has 0 spiro atoms. The van der Waals surface area contributed by atoms with Crippen LogP contribution in [0.2, 0.25) is 0 Å². The maximum Gasteiger partial charge on any atom is 0.237 e. The van der Waals surface area contributed by atoms with E-state index >= 15 is 0 Å². The molecule has 7 nitrogen and oxygen atoms in total. The van der Waals surface area contributed by atoms with Gasteiger partial charge in [0.15, 0.2) is 5.82 Å². The minimum absolute atomic E-state index is 0.219. The van der Waals surface area contributed by atoms with Crippen LogP contribution in [-0.4, -0.2) is 35.8 Å². The lowest BCUT2D eigenvalue weighted by atomic mass is 10.2. The average Bonchev–Trinajstić information content (AvgIpc) is 2.68. The van der Waals surface area contributed by atoms with Crippen molar-refractivity contribution in [3.05, 3.63) is 11.7 Å². The summed E-state index contributed by atoms with van der Waals surface area (Å²) in [6, 6.07) is -0.576. The van der Waals surface area contributed by atoms with Gasteiger partial charge in [0.1, 0.15) is 0 Å². The summed E-state index contributed by atoms with van der Waals surface area (Å²) >= 11 is 0. The number of ether oxygens (including phenoxy) is 1. The highest BCUT2D eigenvalue weighted by molar-refractivity contribution is 5.81. The van der Waals surface area contributed by atoms with Gasteiger partial charge >= 0.3 is 0 Å². The predicted molar refractivity (Wildman–Crippen MR) is 55.4 cm³/mol. The first kappa shape index (κ1) is 12.6. The predicted octanol–water partition coefficient (Wildman–Crippen LogP) is -0.642. The average molecular weight is 228 g/mol. The molecule has 90 valence electrons. The normalized spacial score (nSPS) is 12.4. The quantitative estimate of drug-likeness (QED) is 0.671. The van der Waals surface area contributed by atoms with Gasteiger partial charge in [-0.25, -0.2) is 0 Å². The number of aromatic nitrogens is 2. The molecule has 0 aliphatic carbocycles. The molecule has 0 fully saturated rings. The molecule has 1 heterocycles. The molecule has 0 aliphatic heterocycles. The van der Waals surface area contributed by atoms with Crippen molar-refractivity contribution >= 4 is 5.91 Å². The van der Waals surface area contributed by atoms with Crippen LogP contribution in [0.3, 0.4) is 0 Å². The van der Waals surface area contributed by atoms with Crippen molar-refractivity contribution in [2.75, 3.05) is 13.7 Å². The fraction of sp³-hybridized carbons (Fsp3) is 0.667. The van der Waals surface area contributed by atoms with E-state index in [1.54, 1.807) is 14.0 Å². The number of nitrogens with zero attached hydrogens (tertiary/aromatic N) is 2. The number of hydrogen-bond donors (Lipinski definition) is 2. The Bertz CT molecular complexity index is 339. The minimum Gasteiger partial charge on any atom is -0.385 e. The molecule has 0 radical (unpaired) electrons. The Balaban J connectivity index is 2.29. The Labute approximate surface area is 93.3 Å². The van der Waals surface area contributed by atoms with Crippen LogP contribution >= 0.6 is 0 Å². The topological polar surface area (TPSA) is 103 Å². The maximum absolute atomic E-state index is 11.5. The fourth-order valence-corrected chi connectivity index (χ4v) is 1.09.